The van der Waals surface area contributed by atoms with Crippen molar-refractivity contribution >= 4 is 23.4 Å². The summed E-state index contributed by atoms with van der Waals surface area (Å²) in [4.78, 5) is 21.1. The zero-order chi connectivity index (χ0) is 18.4. The summed E-state index contributed by atoms with van der Waals surface area (Å²) in [6.45, 7) is 3.43. The predicted octanol–water partition coefficient (Wildman–Crippen LogP) is 4.50. The van der Waals surface area contributed by atoms with Crippen LogP contribution in [0.4, 0.5) is 10.5 Å². The Labute approximate surface area is 153 Å². The Morgan fingerprint density at radius 3 is 3.04 bits per heavy atom. The highest BCUT2D eigenvalue weighted by Crippen LogP contribution is 2.37. The van der Waals surface area contributed by atoms with Crippen molar-refractivity contribution in [2.75, 3.05) is 25.2 Å². The number of imidazole rings is 1. The molecule has 0 atom stereocenters. The summed E-state index contributed by atoms with van der Waals surface area (Å²) in [7, 11) is 1.42. The maximum atomic E-state index is 12.3. The van der Waals surface area contributed by atoms with Gasteiger partial charge in [-0.25, -0.2) is 9.78 Å². The molecule has 1 N–H and O–H groups in total. The molecule has 1 aliphatic rings. The number of methoxy groups -OCH3 is 1. The van der Waals surface area contributed by atoms with Crippen LogP contribution in [0.15, 0.2) is 30.7 Å². The fourth-order valence-corrected chi connectivity index (χ4v) is 3.11. The molecule has 0 saturated carbocycles. The zero-order valence-corrected chi connectivity index (χ0v) is 15.3. The number of fused-ring (bicyclic) bond motifs is 1. The highest BCUT2D eigenvalue weighted by Gasteiger charge is 2.21. The number of aromatic amines is 1. The summed E-state index contributed by atoms with van der Waals surface area (Å²) in [5.74, 6) is 0.837. The molecule has 6 nitrogen and oxygen atoms in total. The molecule has 0 spiro atoms. The van der Waals surface area contributed by atoms with Crippen LogP contribution in [0, 0.1) is 0 Å². The van der Waals surface area contributed by atoms with Crippen LogP contribution in [0.1, 0.15) is 43.9 Å². The highest BCUT2D eigenvalue weighted by atomic mass is 16.5. The number of ether oxygens (including phenoxy) is 2. The second-order valence-electron chi connectivity index (χ2n) is 6.28. The van der Waals surface area contributed by atoms with Crippen LogP contribution >= 0.6 is 0 Å². The minimum Gasteiger partial charge on any atom is -0.493 e. The number of benzene rings is 1. The first-order valence-corrected chi connectivity index (χ1v) is 9.04. The first-order chi connectivity index (χ1) is 12.7. The van der Waals surface area contributed by atoms with E-state index in [0.717, 1.165) is 54.0 Å². The fourth-order valence-electron chi connectivity index (χ4n) is 3.11. The van der Waals surface area contributed by atoms with Crippen molar-refractivity contribution in [1.29, 1.82) is 0 Å². The zero-order valence-electron chi connectivity index (χ0n) is 15.3. The Kier molecular flexibility index (Phi) is 5.94. The van der Waals surface area contributed by atoms with E-state index in [4.69, 9.17) is 9.47 Å². The van der Waals surface area contributed by atoms with Gasteiger partial charge in [-0.3, -0.25) is 4.90 Å². The first-order valence-electron chi connectivity index (χ1n) is 9.04. The van der Waals surface area contributed by atoms with E-state index in [1.54, 1.807) is 17.4 Å². The number of hydrogen-bond donors (Lipinski definition) is 1. The van der Waals surface area contributed by atoms with Gasteiger partial charge in [0.2, 0.25) is 0 Å². The number of aromatic nitrogens is 2. The van der Waals surface area contributed by atoms with Crippen molar-refractivity contribution < 1.29 is 14.3 Å². The Morgan fingerprint density at radius 1 is 1.42 bits per heavy atom. The summed E-state index contributed by atoms with van der Waals surface area (Å²) in [5, 5.41) is 0. The van der Waals surface area contributed by atoms with Crippen molar-refractivity contribution in [2.24, 2.45) is 0 Å². The lowest BCUT2D eigenvalue weighted by Gasteiger charge is -2.25. The fraction of sp³-hybridized carbons (Fsp3) is 0.400. The molecule has 1 aromatic heterocycles. The van der Waals surface area contributed by atoms with Gasteiger partial charge in [-0.1, -0.05) is 19.8 Å². The van der Waals surface area contributed by atoms with E-state index in [0.29, 0.717) is 13.2 Å². The number of carbonyl (C=O) groups excluding carboxylic acids is 1. The molecule has 26 heavy (non-hydrogen) atoms. The predicted molar refractivity (Wildman–Crippen MR) is 102 cm³/mol. The van der Waals surface area contributed by atoms with Crippen molar-refractivity contribution in [3.8, 4) is 5.75 Å². The molecule has 1 aromatic carbocycles. The Balaban J connectivity index is 1.93. The maximum absolute atomic E-state index is 12.3. The molecule has 2 heterocycles. The molecule has 0 unspecified atom stereocenters. The van der Waals surface area contributed by atoms with Gasteiger partial charge < -0.3 is 14.5 Å². The number of unbranched alkanes of at least 4 members (excludes halogenated alkanes) is 2. The number of H-pyrrole nitrogens is 1. The van der Waals surface area contributed by atoms with E-state index < -0.39 is 0 Å². The lowest BCUT2D eigenvalue weighted by molar-refractivity contribution is 0.178. The molecule has 0 radical (unpaired) electrons. The summed E-state index contributed by atoms with van der Waals surface area (Å²) < 4.78 is 10.8. The van der Waals surface area contributed by atoms with Crippen molar-refractivity contribution in [3.63, 3.8) is 0 Å². The SMILES string of the molecule is CCCCCN(C(=O)OC)c1ccc2c(c1)C(=Cc1cnc[nH]1)CCO2. The molecule has 138 valence electrons. The Hall–Kier alpha value is -2.76. The molecule has 1 amide bonds. The van der Waals surface area contributed by atoms with Gasteiger partial charge in [0.1, 0.15) is 5.75 Å². The smallest absolute Gasteiger partial charge is 0.413 e. The van der Waals surface area contributed by atoms with Gasteiger partial charge in [-0.2, -0.15) is 0 Å². The number of nitrogens with zero attached hydrogens (tertiary/aromatic N) is 2. The van der Waals surface area contributed by atoms with E-state index in [1.807, 2.05) is 18.2 Å². The van der Waals surface area contributed by atoms with Gasteiger partial charge in [0, 0.05) is 24.2 Å². The standard InChI is InChI=1S/C20H25N3O3/c1-3-4-5-9-23(20(24)25-2)17-6-7-19-18(12-17)15(8-10-26-19)11-16-13-21-14-22-16/h6-7,11-14H,3-5,8-10H2,1-2H3,(H,21,22). The third-order valence-corrected chi connectivity index (χ3v) is 4.48. The third-order valence-electron chi connectivity index (χ3n) is 4.48. The number of nitrogens with one attached hydrogen (secondary N) is 1. The molecule has 6 heteroatoms. The van der Waals surface area contributed by atoms with Gasteiger partial charge in [0.25, 0.3) is 0 Å². The number of anilines is 1. The third kappa shape index (κ3) is 4.07. The second-order valence-corrected chi connectivity index (χ2v) is 6.28. The van der Waals surface area contributed by atoms with Crippen molar-refractivity contribution in [3.05, 3.63) is 42.0 Å². The second kappa shape index (κ2) is 8.56. The largest absolute Gasteiger partial charge is 0.493 e. The quantitative estimate of drug-likeness (QED) is 0.775. The van der Waals surface area contributed by atoms with Crippen LogP contribution in [0.2, 0.25) is 0 Å². The molecule has 0 bridgehead atoms. The number of amides is 1. The average molecular weight is 355 g/mol. The first kappa shape index (κ1) is 18.0. The van der Waals surface area contributed by atoms with Gasteiger partial charge in [0.05, 0.1) is 31.9 Å². The summed E-state index contributed by atoms with van der Waals surface area (Å²) in [5.41, 5.74) is 3.95. The maximum Gasteiger partial charge on any atom is 0.413 e. The number of rotatable bonds is 6. The Morgan fingerprint density at radius 2 is 2.31 bits per heavy atom. The summed E-state index contributed by atoms with van der Waals surface area (Å²) >= 11 is 0. The molecular formula is C20H25N3O3. The van der Waals surface area contributed by atoms with Gasteiger partial charge in [0.15, 0.2) is 0 Å². The highest BCUT2D eigenvalue weighted by molar-refractivity contribution is 5.91. The van der Waals surface area contributed by atoms with E-state index in [1.165, 1.54) is 7.11 Å². The van der Waals surface area contributed by atoms with Crippen LogP contribution in [0.5, 0.6) is 5.75 Å². The minimum absolute atomic E-state index is 0.336. The molecule has 0 saturated heterocycles. The van der Waals surface area contributed by atoms with Gasteiger partial charge >= 0.3 is 6.09 Å². The Bertz CT molecular complexity index is 769. The van der Waals surface area contributed by atoms with E-state index in [9.17, 15) is 4.79 Å². The van der Waals surface area contributed by atoms with Crippen molar-refractivity contribution in [2.45, 2.75) is 32.6 Å². The van der Waals surface area contributed by atoms with E-state index in [-0.39, 0.29) is 6.09 Å². The average Bonchev–Trinajstić information content (AvgIpc) is 3.18. The molecular weight excluding hydrogens is 330 g/mol. The van der Waals surface area contributed by atoms with Crippen molar-refractivity contribution in [1.82, 2.24) is 9.97 Å². The van der Waals surface area contributed by atoms with Crippen LogP contribution in [0.3, 0.4) is 0 Å². The van der Waals surface area contributed by atoms with Crippen LogP contribution < -0.4 is 9.64 Å². The minimum atomic E-state index is -0.336. The van der Waals surface area contributed by atoms with Crippen LogP contribution in [-0.2, 0) is 4.74 Å². The molecule has 0 aliphatic carbocycles. The normalized spacial score (nSPS) is 14.6. The number of hydrogen-bond acceptors (Lipinski definition) is 4. The molecule has 3 rings (SSSR count). The monoisotopic (exact) mass is 355 g/mol. The van der Waals surface area contributed by atoms with Crippen LogP contribution in [-0.4, -0.2) is 36.3 Å². The number of carbonyl (C=O) groups is 1. The van der Waals surface area contributed by atoms with Gasteiger partial charge in [-0.05, 0) is 36.3 Å². The summed E-state index contributed by atoms with van der Waals surface area (Å²) in [6, 6.07) is 5.86. The van der Waals surface area contributed by atoms with E-state index in [2.05, 4.69) is 23.0 Å². The molecule has 2 aromatic rings. The lowest BCUT2D eigenvalue weighted by atomic mass is 9.98. The topological polar surface area (TPSA) is 67.5 Å². The van der Waals surface area contributed by atoms with Crippen LogP contribution in [0.25, 0.3) is 11.6 Å². The lowest BCUT2D eigenvalue weighted by Crippen LogP contribution is -2.31. The molecule has 0 fully saturated rings. The van der Waals surface area contributed by atoms with E-state index >= 15 is 0 Å². The van der Waals surface area contributed by atoms with Gasteiger partial charge in [-0.15, -0.1) is 0 Å². The summed E-state index contributed by atoms with van der Waals surface area (Å²) in [6.07, 6.45) is 9.12. The molecule has 1 aliphatic heterocycles.